The standard InChI is InChI=1S/C13H12FN3O/c1-2-3-9-6-11(15)4-5-12(9)18-13-16-7-10(14)8-17-13/h2,4-8H,1,3,15H2. The number of benzene rings is 1. The molecule has 18 heavy (non-hydrogen) atoms. The van der Waals surface area contributed by atoms with Crippen molar-refractivity contribution in [3.8, 4) is 11.8 Å². The molecule has 0 bridgehead atoms. The molecule has 2 aromatic rings. The molecule has 0 saturated heterocycles. The Morgan fingerprint density at radius 2 is 2.06 bits per heavy atom. The number of rotatable bonds is 4. The van der Waals surface area contributed by atoms with Crippen LogP contribution in [0.2, 0.25) is 0 Å². The first-order chi connectivity index (χ1) is 8.69. The van der Waals surface area contributed by atoms with Gasteiger partial charge in [0.05, 0.1) is 12.4 Å². The number of ether oxygens (including phenoxy) is 1. The van der Waals surface area contributed by atoms with Crippen LogP contribution in [0.5, 0.6) is 11.8 Å². The topological polar surface area (TPSA) is 61.0 Å². The summed E-state index contributed by atoms with van der Waals surface area (Å²) in [5, 5.41) is 0. The second-order valence-corrected chi connectivity index (χ2v) is 3.65. The van der Waals surface area contributed by atoms with Crippen LogP contribution in [-0.2, 0) is 6.42 Å². The lowest BCUT2D eigenvalue weighted by molar-refractivity contribution is 0.432. The molecule has 0 radical (unpaired) electrons. The highest BCUT2D eigenvalue weighted by Gasteiger charge is 2.06. The Morgan fingerprint density at radius 3 is 2.72 bits per heavy atom. The lowest BCUT2D eigenvalue weighted by Gasteiger charge is -2.09. The number of nitrogen functional groups attached to an aromatic ring is 1. The summed E-state index contributed by atoms with van der Waals surface area (Å²) in [7, 11) is 0. The zero-order chi connectivity index (χ0) is 13.0. The van der Waals surface area contributed by atoms with Crippen molar-refractivity contribution in [2.75, 3.05) is 5.73 Å². The highest BCUT2D eigenvalue weighted by Crippen LogP contribution is 2.25. The van der Waals surface area contributed by atoms with Crippen molar-refractivity contribution >= 4 is 5.69 Å². The van der Waals surface area contributed by atoms with Crippen LogP contribution in [0.1, 0.15) is 5.56 Å². The lowest BCUT2D eigenvalue weighted by Crippen LogP contribution is -1.97. The minimum absolute atomic E-state index is 0.0893. The number of anilines is 1. The Labute approximate surface area is 104 Å². The summed E-state index contributed by atoms with van der Waals surface area (Å²) >= 11 is 0. The number of aromatic nitrogens is 2. The zero-order valence-corrected chi connectivity index (χ0v) is 9.64. The minimum atomic E-state index is -0.508. The van der Waals surface area contributed by atoms with Crippen LogP contribution in [0, 0.1) is 5.82 Å². The molecular formula is C13H12FN3O. The van der Waals surface area contributed by atoms with Crippen molar-refractivity contribution in [1.82, 2.24) is 9.97 Å². The Hall–Kier alpha value is -2.43. The van der Waals surface area contributed by atoms with E-state index in [4.69, 9.17) is 10.5 Å². The van der Waals surface area contributed by atoms with Crippen LogP contribution in [-0.4, -0.2) is 9.97 Å². The minimum Gasteiger partial charge on any atom is -0.424 e. The highest BCUT2D eigenvalue weighted by atomic mass is 19.1. The number of nitrogens with zero attached hydrogens (tertiary/aromatic N) is 2. The molecular weight excluding hydrogens is 233 g/mol. The van der Waals surface area contributed by atoms with Gasteiger partial charge in [-0.1, -0.05) is 6.08 Å². The van der Waals surface area contributed by atoms with E-state index >= 15 is 0 Å². The van der Waals surface area contributed by atoms with Crippen molar-refractivity contribution in [1.29, 1.82) is 0 Å². The summed E-state index contributed by atoms with van der Waals surface area (Å²) < 4.78 is 18.1. The Kier molecular flexibility index (Phi) is 3.52. The van der Waals surface area contributed by atoms with Crippen molar-refractivity contribution in [2.45, 2.75) is 6.42 Å². The van der Waals surface area contributed by atoms with E-state index in [1.807, 2.05) is 0 Å². The Balaban J connectivity index is 2.27. The summed E-state index contributed by atoms with van der Waals surface area (Å²) in [4.78, 5) is 7.46. The molecule has 0 aliphatic rings. The monoisotopic (exact) mass is 245 g/mol. The molecule has 0 spiro atoms. The van der Waals surface area contributed by atoms with Gasteiger partial charge in [-0.05, 0) is 24.6 Å². The van der Waals surface area contributed by atoms with Crippen LogP contribution in [0.25, 0.3) is 0 Å². The van der Waals surface area contributed by atoms with Crippen LogP contribution in [0.15, 0.2) is 43.2 Å². The molecule has 0 atom stereocenters. The van der Waals surface area contributed by atoms with Crippen LogP contribution in [0.3, 0.4) is 0 Å². The van der Waals surface area contributed by atoms with Gasteiger partial charge >= 0.3 is 6.01 Å². The van der Waals surface area contributed by atoms with E-state index in [0.717, 1.165) is 18.0 Å². The first-order valence-electron chi connectivity index (χ1n) is 5.33. The summed E-state index contributed by atoms with van der Waals surface area (Å²) in [6.07, 6.45) is 4.45. The molecule has 0 fully saturated rings. The van der Waals surface area contributed by atoms with E-state index < -0.39 is 5.82 Å². The lowest BCUT2D eigenvalue weighted by atomic mass is 10.1. The quantitative estimate of drug-likeness (QED) is 0.664. The summed E-state index contributed by atoms with van der Waals surface area (Å²) in [6.45, 7) is 3.67. The molecule has 2 N–H and O–H groups in total. The molecule has 0 aliphatic carbocycles. The first-order valence-corrected chi connectivity index (χ1v) is 5.33. The molecule has 1 aromatic heterocycles. The summed E-state index contributed by atoms with van der Waals surface area (Å²) in [5.74, 6) is 0.0710. The van der Waals surface area contributed by atoms with Gasteiger partial charge in [-0.15, -0.1) is 6.58 Å². The Morgan fingerprint density at radius 1 is 1.33 bits per heavy atom. The third kappa shape index (κ3) is 2.82. The predicted octanol–water partition coefficient (Wildman–Crippen LogP) is 2.72. The van der Waals surface area contributed by atoms with E-state index in [1.165, 1.54) is 0 Å². The van der Waals surface area contributed by atoms with E-state index in [0.29, 0.717) is 17.9 Å². The maximum Gasteiger partial charge on any atom is 0.322 e. The molecule has 1 aromatic carbocycles. The van der Waals surface area contributed by atoms with Gasteiger partial charge in [0.25, 0.3) is 0 Å². The number of nitrogens with two attached hydrogens (primary N) is 1. The molecule has 0 unspecified atom stereocenters. The van der Waals surface area contributed by atoms with Crippen molar-refractivity contribution in [2.24, 2.45) is 0 Å². The highest BCUT2D eigenvalue weighted by molar-refractivity contribution is 5.49. The number of hydrogen-bond donors (Lipinski definition) is 1. The molecule has 0 saturated carbocycles. The van der Waals surface area contributed by atoms with E-state index in [9.17, 15) is 4.39 Å². The van der Waals surface area contributed by atoms with Crippen molar-refractivity contribution in [3.63, 3.8) is 0 Å². The number of allylic oxidation sites excluding steroid dienone is 1. The van der Waals surface area contributed by atoms with Gasteiger partial charge < -0.3 is 10.5 Å². The number of hydrogen-bond acceptors (Lipinski definition) is 4. The average molecular weight is 245 g/mol. The normalized spacial score (nSPS) is 10.1. The second kappa shape index (κ2) is 5.27. The van der Waals surface area contributed by atoms with E-state index in [-0.39, 0.29) is 6.01 Å². The van der Waals surface area contributed by atoms with E-state index in [2.05, 4.69) is 16.5 Å². The predicted molar refractivity (Wildman–Crippen MR) is 66.8 cm³/mol. The van der Waals surface area contributed by atoms with Gasteiger partial charge in [-0.2, -0.15) is 0 Å². The maximum absolute atomic E-state index is 12.7. The van der Waals surface area contributed by atoms with Crippen molar-refractivity contribution < 1.29 is 9.13 Å². The fourth-order valence-corrected chi connectivity index (χ4v) is 1.47. The van der Waals surface area contributed by atoms with Crippen LogP contribution >= 0.6 is 0 Å². The Bertz CT molecular complexity index is 555. The van der Waals surface area contributed by atoms with Gasteiger partial charge in [-0.25, -0.2) is 14.4 Å². The van der Waals surface area contributed by atoms with Gasteiger partial charge in [0.1, 0.15) is 5.75 Å². The SMILES string of the molecule is C=CCc1cc(N)ccc1Oc1ncc(F)cn1. The molecule has 5 heteroatoms. The van der Waals surface area contributed by atoms with Gasteiger partial charge in [0.15, 0.2) is 5.82 Å². The number of halogens is 1. The van der Waals surface area contributed by atoms with Crippen molar-refractivity contribution in [3.05, 3.63) is 54.6 Å². The molecule has 0 aliphatic heterocycles. The second-order valence-electron chi connectivity index (χ2n) is 3.65. The van der Waals surface area contributed by atoms with Gasteiger partial charge in [-0.3, -0.25) is 0 Å². The summed E-state index contributed by atoms with van der Waals surface area (Å²) in [6, 6.07) is 5.32. The smallest absolute Gasteiger partial charge is 0.322 e. The third-order valence-corrected chi connectivity index (χ3v) is 2.25. The van der Waals surface area contributed by atoms with E-state index in [1.54, 1.807) is 24.3 Å². The molecule has 1 heterocycles. The largest absolute Gasteiger partial charge is 0.424 e. The molecule has 4 nitrogen and oxygen atoms in total. The third-order valence-electron chi connectivity index (χ3n) is 2.25. The molecule has 0 amide bonds. The molecule has 2 rings (SSSR count). The zero-order valence-electron chi connectivity index (χ0n) is 9.64. The maximum atomic E-state index is 12.7. The van der Waals surface area contributed by atoms with Crippen LogP contribution < -0.4 is 10.5 Å². The fourth-order valence-electron chi connectivity index (χ4n) is 1.47. The molecule has 92 valence electrons. The summed E-state index contributed by atoms with van der Waals surface area (Å²) in [5.41, 5.74) is 7.21. The van der Waals surface area contributed by atoms with Crippen LogP contribution in [0.4, 0.5) is 10.1 Å². The fraction of sp³-hybridized carbons (Fsp3) is 0.0769. The van der Waals surface area contributed by atoms with Gasteiger partial charge in [0.2, 0.25) is 0 Å². The van der Waals surface area contributed by atoms with Gasteiger partial charge in [0, 0.05) is 11.3 Å². The average Bonchev–Trinajstić information content (AvgIpc) is 2.36. The first kappa shape index (κ1) is 12.0.